The van der Waals surface area contributed by atoms with Crippen molar-refractivity contribution in [2.45, 2.75) is 46.1 Å². The van der Waals surface area contributed by atoms with Gasteiger partial charge >= 0.3 is 0 Å². The van der Waals surface area contributed by atoms with Gasteiger partial charge in [0.1, 0.15) is 5.75 Å². The zero-order valence-electron chi connectivity index (χ0n) is 10.9. The van der Waals surface area contributed by atoms with Gasteiger partial charge in [0.25, 0.3) is 0 Å². The summed E-state index contributed by atoms with van der Waals surface area (Å²) in [6, 6.07) is 4.35. The van der Waals surface area contributed by atoms with Crippen LogP contribution < -0.4 is 10.5 Å². The van der Waals surface area contributed by atoms with Crippen LogP contribution in [0.5, 0.6) is 5.75 Å². The Labute approximate surface area is 113 Å². The maximum Gasteiger partial charge on any atom is 0.125 e. The number of nitrogens with two attached hydrogens (primary N) is 1. The van der Waals surface area contributed by atoms with E-state index in [-0.39, 0.29) is 6.04 Å². The van der Waals surface area contributed by atoms with Crippen molar-refractivity contribution < 1.29 is 4.74 Å². The number of hydrogen-bond acceptors (Lipinski definition) is 2. The van der Waals surface area contributed by atoms with Crippen molar-refractivity contribution in [3.63, 3.8) is 0 Å². The highest BCUT2D eigenvalue weighted by molar-refractivity contribution is 9.10. The van der Waals surface area contributed by atoms with Crippen molar-refractivity contribution in [1.29, 1.82) is 0 Å². The lowest BCUT2D eigenvalue weighted by molar-refractivity contribution is 0.303. The molecule has 3 heteroatoms. The summed E-state index contributed by atoms with van der Waals surface area (Å²) in [5, 5.41) is 0. The standard InChI is InChI=1S/C14H22BrNO/c1-4-5-6-17-14-10(2)7-13(15)9-12(14)8-11(3)16/h7,9,11H,4-6,8,16H2,1-3H3. The van der Waals surface area contributed by atoms with Gasteiger partial charge in [0.05, 0.1) is 6.61 Å². The van der Waals surface area contributed by atoms with E-state index in [2.05, 4.69) is 41.9 Å². The molecule has 0 spiro atoms. The summed E-state index contributed by atoms with van der Waals surface area (Å²) < 4.78 is 6.98. The smallest absolute Gasteiger partial charge is 0.125 e. The van der Waals surface area contributed by atoms with Crippen LogP contribution in [0.1, 0.15) is 37.8 Å². The molecule has 1 unspecified atom stereocenters. The Morgan fingerprint density at radius 3 is 2.71 bits per heavy atom. The summed E-state index contributed by atoms with van der Waals surface area (Å²) in [5.74, 6) is 1.01. The van der Waals surface area contributed by atoms with Crippen molar-refractivity contribution in [2.24, 2.45) is 5.73 Å². The van der Waals surface area contributed by atoms with Crippen molar-refractivity contribution in [2.75, 3.05) is 6.61 Å². The molecular formula is C14H22BrNO. The van der Waals surface area contributed by atoms with Gasteiger partial charge in [0, 0.05) is 10.5 Å². The molecule has 0 aliphatic carbocycles. The van der Waals surface area contributed by atoms with E-state index in [1.54, 1.807) is 0 Å². The van der Waals surface area contributed by atoms with Crippen LogP contribution in [-0.2, 0) is 6.42 Å². The Morgan fingerprint density at radius 2 is 2.12 bits per heavy atom. The second-order valence-corrected chi connectivity index (χ2v) is 5.51. The number of aryl methyl sites for hydroxylation is 1. The first kappa shape index (κ1) is 14.5. The summed E-state index contributed by atoms with van der Waals surface area (Å²) in [6.45, 7) is 7.05. The highest BCUT2D eigenvalue weighted by Crippen LogP contribution is 2.29. The molecule has 0 heterocycles. The molecule has 2 nitrogen and oxygen atoms in total. The molecule has 17 heavy (non-hydrogen) atoms. The lowest BCUT2D eigenvalue weighted by atomic mass is 10.0. The van der Waals surface area contributed by atoms with E-state index >= 15 is 0 Å². The lowest BCUT2D eigenvalue weighted by Crippen LogP contribution is -2.18. The Balaban J connectivity index is 2.90. The van der Waals surface area contributed by atoms with Crippen molar-refractivity contribution >= 4 is 15.9 Å². The van der Waals surface area contributed by atoms with Crippen LogP contribution in [0.25, 0.3) is 0 Å². The van der Waals surface area contributed by atoms with Crippen LogP contribution in [0.15, 0.2) is 16.6 Å². The van der Waals surface area contributed by atoms with Crippen LogP contribution >= 0.6 is 15.9 Å². The molecular weight excluding hydrogens is 278 g/mol. The number of halogens is 1. The third-order valence-corrected chi connectivity index (χ3v) is 3.06. The van der Waals surface area contributed by atoms with Gasteiger partial charge in [-0.1, -0.05) is 29.3 Å². The summed E-state index contributed by atoms with van der Waals surface area (Å²) in [5.41, 5.74) is 8.25. The molecule has 0 aromatic heterocycles. The zero-order chi connectivity index (χ0) is 12.8. The Bertz CT molecular complexity index is 363. The molecule has 0 saturated carbocycles. The van der Waals surface area contributed by atoms with Crippen molar-refractivity contribution in [3.05, 3.63) is 27.7 Å². The van der Waals surface area contributed by atoms with Crippen LogP contribution in [0.4, 0.5) is 0 Å². The Kier molecular flexibility index (Phi) is 6.00. The molecule has 1 aromatic rings. The molecule has 1 atom stereocenters. The predicted molar refractivity (Wildman–Crippen MR) is 76.6 cm³/mol. The van der Waals surface area contributed by atoms with E-state index in [1.165, 1.54) is 11.1 Å². The SMILES string of the molecule is CCCCOc1c(C)cc(Br)cc1CC(C)N. The quantitative estimate of drug-likeness (QED) is 0.810. The topological polar surface area (TPSA) is 35.2 Å². The Morgan fingerprint density at radius 1 is 1.41 bits per heavy atom. The molecule has 96 valence electrons. The highest BCUT2D eigenvalue weighted by Gasteiger charge is 2.10. The zero-order valence-corrected chi connectivity index (χ0v) is 12.5. The van der Waals surface area contributed by atoms with E-state index in [1.807, 2.05) is 6.92 Å². The Hall–Kier alpha value is -0.540. The molecule has 0 saturated heterocycles. The fourth-order valence-electron chi connectivity index (χ4n) is 1.82. The molecule has 0 bridgehead atoms. The van der Waals surface area contributed by atoms with E-state index in [0.29, 0.717) is 0 Å². The minimum Gasteiger partial charge on any atom is -0.493 e. The van der Waals surface area contributed by atoms with Crippen LogP contribution in [0.2, 0.25) is 0 Å². The number of benzene rings is 1. The largest absolute Gasteiger partial charge is 0.493 e. The molecule has 0 aliphatic rings. The van der Waals surface area contributed by atoms with E-state index in [4.69, 9.17) is 10.5 Å². The lowest BCUT2D eigenvalue weighted by Gasteiger charge is -2.16. The summed E-state index contributed by atoms with van der Waals surface area (Å²) in [6.07, 6.45) is 3.09. The average molecular weight is 300 g/mol. The molecule has 1 aromatic carbocycles. The van der Waals surface area contributed by atoms with Gasteiger partial charge in [-0.3, -0.25) is 0 Å². The first-order chi connectivity index (χ1) is 8.04. The van der Waals surface area contributed by atoms with E-state index < -0.39 is 0 Å². The van der Waals surface area contributed by atoms with Gasteiger partial charge in [-0.25, -0.2) is 0 Å². The first-order valence-corrected chi connectivity index (χ1v) is 7.01. The normalized spacial score (nSPS) is 12.5. The van der Waals surface area contributed by atoms with Crippen molar-refractivity contribution in [3.8, 4) is 5.75 Å². The third-order valence-electron chi connectivity index (χ3n) is 2.60. The average Bonchev–Trinajstić information content (AvgIpc) is 2.21. The number of hydrogen-bond donors (Lipinski definition) is 1. The molecule has 0 amide bonds. The number of unbranched alkanes of at least 4 members (excludes halogenated alkanes) is 1. The minimum absolute atomic E-state index is 0.150. The van der Waals surface area contributed by atoms with Gasteiger partial charge in [0.15, 0.2) is 0 Å². The number of ether oxygens (including phenoxy) is 1. The molecule has 0 aliphatic heterocycles. The maximum atomic E-state index is 5.89. The van der Waals surface area contributed by atoms with Crippen LogP contribution in [0, 0.1) is 6.92 Å². The second kappa shape index (κ2) is 7.02. The molecule has 1 rings (SSSR count). The van der Waals surface area contributed by atoms with Gasteiger partial charge < -0.3 is 10.5 Å². The fourth-order valence-corrected chi connectivity index (χ4v) is 2.44. The summed E-state index contributed by atoms with van der Waals surface area (Å²) in [4.78, 5) is 0. The predicted octanol–water partition coefficient (Wildman–Crippen LogP) is 3.83. The molecule has 2 N–H and O–H groups in total. The third kappa shape index (κ3) is 4.68. The first-order valence-electron chi connectivity index (χ1n) is 6.22. The summed E-state index contributed by atoms with van der Waals surface area (Å²) in [7, 11) is 0. The van der Waals surface area contributed by atoms with E-state index in [0.717, 1.165) is 36.1 Å². The number of rotatable bonds is 6. The second-order valence-electron chi connectivity index (χ2n) is 4.59. The van der Waals surface area contributed by atoms with Gasteiger partial charge in [-0.2, -0.15) is 0 Å². The monoisotopic (exact) mass is 299 g/mol. The minimum atomic E-state index is 0.150. The molecule has 0 radical (unpaired) electrons. The van der Waals surface area contributed by atoms with Gasteiger partial charge in [0.2, 0.25) is 0 Å². The van der Waals surface area contributed by atoms with Crippen LogP contribution in [-0.4, -0.2) is 12.6 Å². The summed E-state index contributed by atoms with van der Waals surface area (Å²) >= 11 is 3.52. The fraction of sp³-hybridized carbons (Fsp3) is 0.571. The maximum absolute atomic E-state index is 5.89. The highest BCUT2D eigenvalue weighted by atomic mass is 79.9. The van der Waals surface area contributed by atoms with Crippen molar-refractivity contribution in [1.82, 2.24) is 0 Å². The van der Waals surface area contributed by atoms with E-state index in [9.17, 15) is 0 Å². The van der Waals surface area contributed by atoms with Gasteiger partial charge in [-0.15, -0.1) is 0 Å². The van der Waals surface area contributed by atoms with Crippen LogP contribution in [0.3, 0.4) is 0 Å². The molecule has 0 fully saturated rings. The van der Waals surface area contributed by atoms with Gasteiger partial charge in [-0.05, 0) is 49.9 Å².